The molecule has 0 bridgehead atoms. The standard InChI is InChI=1S/C13H16N4/c1-9-5-4-6-14-13(9)16-8-12-7-15-11(3)17-10(12)2/h4-7H,8H2,1-3H3,(H,14,16). The van der Waals surface area contributed by atoms with Crippen molar-refractivity contribution in [3.63, 3.8) is 0 Å². The van der Waals surface area contributed by atoms with E-state index in [1.807, 2.05) is 39.1 Å². The van der Waals surface area contributed by atoms with Gasteiger partial charge in [-0.2, -0.15) is 0 Å². The zero-order valence-corrected chi connectivity index (χ0v) is 10.4. The third-order valence-corrected chi connectivity index (χ3v) is 2.66. The van der Waals surface area contributed by atoms with Crippen molar-refractivity contribution < 1.29 is 0 Å². The van der Waals surface area contributed by atoms with Gasteiger partial charge >= 0.3 is 0 Å². The van der Waals surface area contributed by atoms with Crippen LogP contribution >= 0.6 is 0 Å². The van der Waals surface area contributed by atoms with Crippen molar-refractivity contribution in [2.75, 3.05) is 5.32 Å². The van der Waals surface area contributed by atoms with Crippen LogP contribution in [-0.2, 0) is 6.54 Å². The average Bonchev–Trinajstić information content (AvgIpc) is 2.30. The predicted molar refractivity (Wildman–Crippen MR) is 67.8 cm³/mol. The van der Waals surface area contributed by atoms with Crippen molar-refractivity contribution in [3.8, 4) is 0 Å². The molecule has 0 aromatic carbocycles. The Hall–Kier alpha value is -1.97. The summed E-state index contributed by atoms with van der Waals surface area (Å²) in [4.78, 5) is 12.8. The van der Waals surface area contributed by atoms with Gasteiger partial charge in [0.15, 0.2) is 0 Å². The summed E-state index contributed by atoms with van der Waals surface area (Å²) in [5, 5.41) is 3.30. The number of nitrogens with one attached hydrogen (secondary N) is 1. The number of hydrogen-bond acceptors (Lipinski definition) is 4. The molecule has 0 aliphatic heterocycles. The highest BCUT2D eigenvalue weighted by Gasteiger charge is 2.02. The molecule has 0 saturated carbocycles. The number of aryl methyl sites for hydroxylation is 3. The van der Waals surface area contributed by atoms with E-state index in [4.69, 9.17) is 0 Å². The van der Waals surface area contributed by atoms with E-state index in [1.165, 1.54) is 0 Å². The Morgan fingerprint density at radius 3 is 2.71 bits per heavy atom. The second-order valence-corrected chi connectivity index (χ2v) is 4.05. The van der Waals surface area contributed by atoms with Crippen LogP contribution in [0, 0.1) is 20.8 Å². The van der Waals surface area contributed by atoms with Gasteiger partial charge in [-0.25, -0.2) is 15.0 Å². The number of nitrogens with zero attached hydrogens (tertiary/aromatic N) is 3. The minimum absolute atomic E-state index is 0.698. The Kier molecular flexibility index (Phi) is 3.32. The topological polar surface area (TPSA) is 50.7 Å². The average molecular weight is 228 g/mol. The number of anilines is 1. The summed E-state index contributed by atoms with van der Waals surface area (Å²) in [6, 6.07) is 3.97. The van der Waals surface area contributed by atoms with E-state index >= 15 is 0 Å². The van der Waals surface area contributed by atoms with Crippen LogP contribution in [0.4, 0.5) is 5.82 Å². The summed E-state index contributed by atoms with van der Waals surface area (Å²) in [7, 11) is 0. The fourth-order valence-corrected chi connectivity index (χ4v) is 1.63. The van der Waals surface area contributed by atoms with Crippen LogP contribution in [0.5, 0.6) is 0 Å². The van der Waals surface area contributed by atoms with E-state index in [0.717, 1.165) is 28.5 Å². The van der Waals surface area contributed by atoms with Gasteiger partial charge in [0.2, 0.25) is 0 Å². The molecule has 2 aromatic heterocycles. The molecule has 0 amide bonds. The second-order valence-electron chi connectivity index (χ2n) is 4.05. The summed E-state index contributed by atoms with van der Waals surface area (Å²) in [6.45, 7) is 6.63. The normalized spacial score (nSPS) is 10.3. The Bertz CT molecular complexity index is 523. The number of pyridine rings is 1. The molecule has 88 valence electrons. The summed E-state index contributed by atoms with van der Waals surface area (Å²) >= 11 is 0. The Labute approximate surface area is 101 Å². The first-order valence-corrected chi connectivity index (χ1v) is 5.61. The van der Waals surface area contributed by atoms with Gasteiger partial charge < -0.3 is 5.32 Å². The van der Waals surface area contributed by atoms with Crippen LogP contribution in [-0.4, -0.2) is 15.0 Å². The molecule has 0 atom stereocenters. The molecule has 0 aliphatic carbocycles. The lowest BCUT2D eigenvalue weighted by atomic mass is 10.2. The van der Waals surface area contributed by atoms with Gasteiger partial charge in [-0.05, 0) is 32.4 Å². The van der Waals surface area contributed by atoms with Gasteiger partial charge in [0, 0.05) is 30.2 Å². The molecule has 0 fully saturated rings. The van der Waals surface area contributed by atoms with Crippen LogP contribution < -0.4 is 5.32 Å². The van der Waals surface area contributed by atoms with Crippen LogP contribution in [0.2, 0.25) is 0 Å². The van der Waals surface area contributed by atoms with E-state index in [-0.39, 0.29) is 0 Å². The molecule has 4 nitrogen and oxygen atoms in total. The van der Waals surface area contributed by atoms with Crippen molar-refractivity contribution in [3.05, 3.63) is 47.2 Å². The molecule has 0 spiro atoms. The van der Waals surface area contributed by atoms with Crippen LogP contribution in [0.25, 0.3) is 0 Å². The quantitative estimate of drug-likeness (QED) is 0.876. The minimum Gasteiger partial charge on any atom is -0.366 e. The molecule has 4 heteroatoms. The van der Waals surface area contributed by atoms with Crippen molar-refractivity contribution in [1.82, 2.24) is 15.0 Å². The van der Waals surface area contributed by atoms with E-state index in [0.29, 0.717) is 6.54 Å². The van der Waals surface area contributed by atoms with Crippen molar-refractivity contribution in [2.24, 2.45) is 0 Å². The van der Waals surface area contributed by atoms with E-state index < -0.39 is 0 Å². The Balaban J connectivity index is 2.10. The van der Waals surface area contributed by atoms with Crippen molar-refractivity contribution in [1.29, 1.82) is 0 Å². The third kappa shape index (κ3) is 2.78. The number of aromatic nitrogens is 3. The highest BCUT2D eigenvalue weighted by atomic mass is 15.0. The first-order chi connectivity index (χ1) is 8.16. The molecular formula is C13H16N4. The minimum atomic E-state index is 0.698. The maximum Gasteiger partial charge on any atom is 0.129 e. The van der Waals surface area contributed by atoms with Crippen LogP contribution in [0.3, 0.4) is 0 Å². The first-order valence-electron chi connectivity index (χ1n) is 5.61. The zero-order chi connectivity index (χ0) is 12.3. The van der Waals surface area contributed by atoms with Gasteiger partial charge in [-0.15, -0.1) is 0 Å². The highest BCUT2D eigenvalue weighted by molar-refractivity contribution is 5.43. The predicted octanol–water partition coefficient (Wildman–Crippen LogP) is 2.41. The summed E-state index contributed by atoms with van der Waals surface area (Å²) in [5.74, 6) is 1.72. The SMILES string of the molecule is Cc1ncc(CNc2ncccc2C)c(C)n1. The zero-order valence-electron chi connectivity index (χ0n) is 10.4. The van der Waals surface area contributed by atoms with Crippen LogP contribution in [0.15, 0.2) is 24.5 Å². The fourth-order valence-electron chi connectivity index (χ4n) is 1.63. The molecule has 1 N–H and O–H groups in total. The van der Waals surface area contributed by atoms with Crippen LogP contribution in [0.1, 0.15) is 22.6 Å². The second kappa shape index (κ2) is 4.91. The molecule has 0 unspecified atom stereocenters. The smallest absolute Gasteiger partial charge is 0.129 e. The molecule has 0 aliphatic rings. The van der Waals surface area contributed by atoms with E-state index in [1.54, 1.807) is 6.20 Å². The molecule has 2 aromatic rings. The van der Waals surface area contributed by atoms with E-state index in [2.05, 4.69) is 20.3 Å². The van der Waals surface area contributed by atoms with Gasteiger partial charge in [0.1, 0.15) is 11.6 Å². The summed E-state index contributed by atoms with van der Waals surface area (Å²) in [6.07, 6.45) is 3.65. The fraction of sp³-hybridized carbons (Fsp3) is 0.308. The van der Waals surface area contributed by atoms with E-state index in [9.17, 15) is 0 Å². The lowest BCUT2D eigenvalue weighted by Gasteiger charge is -2.09. The molecule has 2 rings (SSSR count). The molecule has 0 saturated heterocycles. The Morgan fingerprint density at radius 1 is 1.18 bits per heavy atom. The molecular weight excluding hydrogens is 212 g/mol. The highest BCUT2D eigenvalue weighted by Crippen LogP contribution is 2.12. The Morgan fingerprint density at radius 2 is 2.00 bits per heavy atom. The monoisotopic (exact) mass is 228 g/mol. The lowest BCUT2D eigenvalue weighted by Crippen LogP contribution is -2.06. The van der Waals surface area contributed by atoms with Gasteiger partial charge in [0.25, 0.3) is 0 Å². The maximum absolute atomic E-state index is 4.34. The molecule has 17 heavy (non-hydrogen) atoms. The molecule has 2 heterocycles. The molecule has 0 radical (unpaired) electrons. The third-order valence-electron chi connectivity index (χ3n) is 2.66. The van der Waals surface area contributed by atoms with Crippen molar-refractivity contribution >= 4 is 5.82 Å². The largest absolute Gasteiger partial charge is 0.366 e. The van der Waals surface area contributed by atoms with Gasteiger partial charge in [-0.1, -0.05) is 6.07 Å². The lowest BCUT2D eigenvalue weighted by molar-refractivity contribution is 0.946. The summed E-state index contributed by atoms with van der Waals surface area (Å²) < 4.78 is 0. The maximum atomic E-state index is 4.34. The van der Waals surface area contributed by atoms with Crippen molar-refractivity contribution in [2.45, 2.75) is 27.3 Å². The van der Waals surface area contributed by atoms with Gasteiger partial charge in [-0.3, -0.25) is 0 Å². The number of hydrogen-bond donors (Lipinski definition) is 1. The number of rotatable bonds is 3. The summed E-state index contributed by atoms with van der Waals surface area (Å²) in [5.41, 5.74) is 3.25. The van der Waals surface area contributed by atoms with Gasteiger partial charge in [0.05, 0.1) is 0 Å². The first kappa shape index (κ1) is 11.5.